The number of hydrogen-bond donors (Lipinski definition) is 0. The fourth-order valence-corrected chi connectivity index (χ4v) is 4.75. The van der Waals surface area contributed by atoms with E-state index in [1.807, 2.05) is 0 Å². The van der Waals surface area contributed by atoms with E-state index in [0.29, 0.717) is 23.8 Å². The molecule has 0 radical (unpaired) electrons. The van der Waals surface area contributed by atoms with E-state index < -0.39 is 0 Å². The second kappa shape index (κ2) is 4.61. The van der Waals surface area contributed by atoms with Crippen LogP contribution in [0.2, 0.25) is 0 Å². The molecule has 0 aromatic heterocycles. The van der Waals surface area contributed by atoms with Gasteiger partial charge in [-0.25, -0.2) is 0 Å². The number of amides is 1. The molecule has 0 N–H and O–H groups in total. The second-order valence-electron chi connectivity index (χ2n) is 7.01. The normalized spacial score (nSPS) is 35.1. The molecule has 1 aromatic rings. The molecule has 2 nitrogen and oxygen atoms in total. The van der Waals surface area contributed by atoms with Crippen LogP contribution in [0.4, 0.5) is 5.69 Å². The minimum atomic E-state index is 0.308. The summed E-state index contributed by atoms with van der Waals surface area (Å²) in [4.78, 5) is 15.2. The highest BCUT2D eigenvalue weighted by molar-refractivity contribution is 5.97. The first-order valence-electron chi connectivity index (χ1n) is 8.15. The van der Waals surface area contributed by atoms with E-state index in [2.05, 4.69) is 36.1 Å². The molecule has 4 unspecified atom stereocenters. The lowest BCUT2D eigenvalue weighted by Crippen LogP contribution is -2.46. The van der Waals surface area contributed by atoms with Crippen molar-refractivity contribution in [3.8, 4) is 0 Å². The lowest BCUT2D eigenvalue weighted by Gasteiger charge is -2.38. The van der Waals surface area contributed by atoms with Crippen molar-refractivity contribution in [2.24, 2.45) is 17.8 Å². The van der Waals surface area contributed by atoms with E-state index in [1.54, 1.807) is 0 Å². The lowest BCUT2D eigenvalue weighted by atomic mass is 9.86. The molecule has 20 heavy (non-hydrogen) atoms. The summed E-state index contributed by atoms with van der Waals surface area (Å²) in [7, 11) is 0. The maximum Gasteiger partial charge on any atom is 0.230 e. The Bertz CT molecular complexity index is 538. The first-order chi connectivity index (χ1) is 9.74. The zero-order valence-corrected chi connectivity index (χ0v) is 12.2. The summed E-state index contributed by atoms with van der Waals surface area (Å²) >= 11 is 0. The summed E-state index contributed by atoms with van der Waals surface area (Å²) in [5, 5.41) is 0. The number of benzene rings is 1. The van der Waals surface area contributed by atoms with Gasteiger partial charge in [0.15, 0.2) is 0 Å². The fourth-order valence-electron chi connectivity index (χ4n) is 4.75. The molecule has 1 heterocycles. The number of carbonyl (C=O) groups is 1. The average Bonchev–Trinajstić information content (AvgIpc) is 3.09. The standard InChI is InChI=1S/C18H23NO/c1-12-6-8-14-4-2-3-5-17(14)19(12)18(20)16-11-13-7-9-15(16)10-13/h2-5,12-13,15-16H,6-11H2,1H3. The predicted octanol–water partition coefficient (Wildman–Crippen LogP) is 3.79. The Labute approximate surface area is 121 Å². The number of rotatable bonds is 1. The molecule has 1 aliphatic heterocycles. The number of aryl methyl sites for hydroxylation is 1. The van der Waals surface area contributed by atoms with Crippen molar-refractivity contribution in [1.82, 2.24) is 0 Å². The van der Waals surface area contributed by atoms with Gasteiger partial charge in [-0.05, 0) is 62.5 Å². The summed E-state index contributed by atoms with van der Waals surface area (Å²) in [6.07, 6.45) is 7.31. The van der Waals surface area contributed by atoms with Gasteiger partial charge in [0.25, 0.3) is 0 Å². The Morgan fingerprint density at radius 2 is 2.00 bits per heavy atom. The quantitative estimate of drug-likeness (QED) is 0.759. The maximum absolute atomic E-state index is 13.1. The minimum absolute atomic E-state index is 0.308. The first kappa shape index (κ1) is 12.4. The van der Waals surface area contributed by atoms with Crippen molar-refractivity contribution in [3.05, 3.63) is 29.8 Å². The van der Waals surface area contributed by atoms with E-state index in [4.69, 9.17) is 0 Å². The zero-order chi connectivity index (χ0) is 13.7. The van der Waals surface area contributed by atoms with Gasteiger partial charge in [-0.15, -0.1) is 0 Å². The number of para-hydroxylation sites is 1. The summed E-state index contributed by atoms with van der Waals surface area (Å²) in [5.41, 5.74) is 2.53. The molecular formula is C18H23NO. The first-order valence-corrected chi connectivity index (χ1v) is 8.15. The van der Waals surface area contributed by atoms with E-state index in [-0.39, 0.29) is 0 Å². The van der Waals surface area contributed by atoms with Crippen molar-refractivity contribution in [1.29, 1.82) is 0 Å². The minimum Gasteiger partial charge on any atom is -0.309 e. The molecule has 2 fully saturated rings. The van der Waals surface area contributed by atoms with Crippen LogP contribution in [0.1, 0.15) is 44.6 Å². The monoisotopic (exact) mass is 269 g/mol. The third kappa shape index (κ3) is 1.81. The van der Waals surface area contributed by atoms with Gasteiger partial charge >= 0.3 is 0 Å². The van der Waals surface area contributed by atoms with Crippen LogP contribution in [-0.4, -0.2) is 11.9 Å². The largest absolute Gasteiger partial charge is 0.309 e. The van der Waals surface area contributed by atoms with Gasteiger partial charge in [0, 0.05) is 17.6 Å². The molecule has 2 heteroatoms. The third-order valence-electron chi connectivity index (χ3n) is 5.82. The number of fused-ring (bicyclic) bond motifs is 3. The van der Waals surface area contributed by atoms with Crippen LogP contribution in [0.15, 0.2) is 24.3 Å². The van der Waals surface area contributed by atoms with E-state index >= 15 is 0 Å². The number of anilines is 1. The Hall–Kier alpha value is -1.31. The van der Waals surface area contributed by atoms with Crippen molar-refractivity contribution in [2.45, 2.75) is 51.5 Å². The van der Waals surface area contributed by atoms with Gasteiger partial charge in [-0.1, -0.05) is 24.6 Å². The summed E-state index contributed by atoms with van der Waals surface area (Å²) in [6, 6.07) is 8.84. The number of hydrogen-bond acceptors (Lipinski definition) is 1. The SMILES string of the molecule is CC1CCc2ccccc2N1C(=O)C1CC2CCC1C2. The van der Waals surface area contributed by atoms with Gasteiger partial charge < -0.3 is 4.90 Å². The van der Waals surface area contributed by atoms with Crippen LogP contribution in [0.3, 0.4) is 0 Å². The van der Waals surface area contributed by atoms with Crippen molar-refractivity contribution in [2.75, 3.05) is 4.90 Å². The van der Waals surface area contributed by atoms with Crippen LogP contribution in [0.5, 0.6) is 0 Å². The van der Waals surface area contributed by atoms with Crippen LogP contribution in [0, 0.1) is 17.8 Å². The smallest absolute Gasteiger partial charge is 0.230 e. The third-order valence-corrected chi connectivity index (χ3v) is 5.82. The molecule has 1 aromatic carbocycles. The van der Waals surface area contributed by atoms with Crippen LogP contribution >= 0.6 is 0 Å². The molecule has 2 bridgehead atoms. The summed E-state index contributed by atoms with van der Waals surface area (Å²) < 4.78 is 0. The molecule has 4 atom stereocenters. The summed E-state index contributed by atoms with van der Waals surface area (Å²) in [6.45, 7) is 2.21. The Morgan fingerprint density at radius 1 is 1.15 bits per heavy atom. The van der Waals surface area contributed by atoms with Crippen LogP contribution in [0.25, 0.3) is 0 Å². The van der Waals surface area contributed by atoms with E-state index in [0.717, 1.165) is 25.2 Å². The van der Waals surface area contributed by atoms with Gasteiger partial charge in [-0.3, -0.25) is 4.79 Å². The number of nitrogens with zero attached hydrogens (tertiary/aromatic N) is 1. The van der Waals surface area contributed by atoms with Gasteiger partial charge in [0.1, 0.15) is 0 Å². The van der Waals surface area contributed by atoms with E-state index in [9.17, 15) is 4.79 Å². The molecule has 1 amide bonds. The molecule has 0 saturated heterocycles. The Balaban J connectivity index is 1.65. The Kier molecular flexibility index (Phi) is 2.87. The molecule has 106 valence electrons. The van der Waals surface area contributed by atoms with Crippen molar-refractivity contribution >= 4 is 11.6 Å². The van der Waals surface area contributed by atoms with E-state index in [1.165, 1.54) is 30.5 Å². The summed E-state index contributed by atoms with van der Waals surface area (Å²) in [5.74, 6) is 2.23. The zero-order valence-electron chi connectivity index (χ0n) is 12.2. The fraction of sp³-hybridized carbons (Fsp3) is 0.611. The van der Waals surface area contributed by atoms with Gasteiger partial charge in [0.05, 0.1) is 0 Å². The highest BCUT2D eigenvalue weighted by Crippen LogP contribution is 2.49. The Morgan fingerprint density at radius 3 is 2.75 bits per heavy atom. The second-order valence-corrected chi connectivity index (χ2v) is 7.01. The predicted molar refractivity (Wildman–Crippen MR) is 80.6 cm³/mol. The maximum atomic E-state index is 13.1. The van der Waals surface area contributed by atoms with Crippen molar-refractivity contribution in [3.63, 3.8) is 0 Å². The molecular weight excluding hydrogens is 246 g/mol. The molecule has 2 aliphatic carbocycles. The highest BCUT2D eigenvalue weighted by Gasteiger charge is 2.45. The van der Waals surface area contributed by atoms with Crippen molar-refractivity contribution < 1.29 is 4.79 Å². The lowest BCUT2D eigenvalue weighted by molar-refractivity contribution is -0.124. The van der Waals surface area contributed by atoms with Crippen LogP contribution in [-0.2, 0) is 11.2 Å². The molecule has 2 saturated carbocycles. The average molecular weight is 269 g/mol. The molecule has 4 rings (SSSR count). The highest BCUT2D eigenvalue weighted by atomic mass is 16.2. The number of carbonyl (C=O) groups excluding carboxylic acids is 1. The van der Waals surface area contributed by atoms with Crippen LogP contribution < -0.4 is 4.90 Å². The van der Waals surface area contributed by atoms with Gasteiger partial charge in [-0.2, -0.15) is 0 Å². The molecule has 0 spiro atoms. The van der Waals surface area contributed by atoms with Gasteiger partial charge in [0.2, 0.25) is 5.91 Å². The molecule has 3 aliphatic rings. The topological polar surface area (TPSA) is 20.3 Å².